The highest BCUT2D eigenvalue weighted by atomic mass is 16.5. The number of aromatic nitrogens is 2. The minimum Gasteiger partial charge on any atom is -0.475 e. The second kappa shape index (κ2) is 7.22. The summed E-state index contributed by atoms with van der Waals surface area (Å²) in [6, 6.07) is 5.99. The fourth-order valence-corrected chi connectivity index (χ4v) is 3.42. The number of anilines is 1. The van der Waals surface area contributed by atoms with Gasteiger partial charge in [-0.15, -0.1) is 0 Å². The Bertz CT molecular complexity index is 912. The monoisotopic (exact) mass is 367 g/mol. The molecule has 140 valence electrons. The highest BCUT2D eigenvalue weighted by Crippen LogP contribution is 2.23. The van der Waals surface area contributed by atoms with Gasteiger partial charge in [-0.3, -0.25) is 9.59 Å². The number of nitrogen functional groups attached to an aromatic ring is 1. The molecule has 2 aliphatic heterocycles. The van der Waals surface area contributed by atoms with Crippen LogP contribution in [0.3, 0.4) is 0 Å². The van der Waals surface area contributed by atoms with Crippen molar-refractivity contribution in [2.45, 2.75) is 25.7 Å². The van der Waals surface area contributed by atoms with Crippen LogP contribution in [0.2, 0.25) is 0 Å². The number of nitrogens with zero attached hydrogens (tertiary/aromatic N) is 2. The van der Waals surface area contributed by atoms with E-state index in [0.717, 1.165) is 30.4 Å². The molecular formula is C19H21N5O3. The lowest BCUT2D eigenvalue weighted by atomic mass is 9.96. The van der Waals surface area contributed by atoms with Crippen LogP contribution >= 0.6 is 0 Å². The highest BCUT2D eigenvalue weighted by molar-refractivity contribution is 6.00. The minimum absolute atomic E-state index is 0.000639. The summed E-state index contributed by atoms with van der Waals surface area (Å²) in [6.45, 7) is 1.46. The van der Waals surface area contributed by atoms with Crippen LogP contribution in [0.25, 0.3) is 0 Å². The Morgan fingerprint density at radius 3 is 2.81 bits per heavy atom. The summed E-state index contributed by atoms with van der Waals surface area (Å²) in [7, 11) is 0. The number of nitrogens with two attached hydrogens (primary N) is 1. The fourth-order valence-electron chi connectivity index (χ4n) is 3.42. The van der Waals surface area contributed by atoms with Gasteiger partial charge in [-0.2, -0.15) is 4.98 Å². The van der Waals surface area contributed by atoms with Gasteiger partial charge < -0.3 is 21.1 Å². The molecule has 8 heteroatoms. The third-order valence-corrected chi connectivity index (χ3v) is 4.76. The second-order valence-electron chi connectivity index (χ2n) is 6.66. The predicted octanol–water partition coefficient (Wildman–Crippen LogP) is 0.642. The number of fused-ring (bicyclic) bond motifs is 2. The first-order chi connectivity index (χ1) is 13.1. The van der Waals surface area contributed by atoms with E-state index in [9.17, 15) is 9.59 Å². The van der Waals surface area contributed by atoms with Crippen LogP contribution in [0.5, 0.6) is 5.88 Å². The van der Waals surface area contributed by atoms with Crippen molar-refractivity contribution >= 4 is 17.6 Å². The largest absolute Gasteiger partial charge is 0.475 e. The average molecular weight is 367 g/mol. The third kappa shape index (κ3) is 3.55. The first-order valence-corrected chi connectivity index (χ1v) is 9.09. The van der Waals surface area contributed by atoms with Crippen molar-refractivity contribution in [1.82, 2.24) is 20.6 Å². The fraction of sp³-hybridized carbons (Fsp3) is 0.368. The van der Waals surface area contributed by atoms with Gasteiger partial charge in [0.15, 0.2) is 0 Å². The molecule has 0 saturated carbocycles. The molecule has 3 heterocycles. The molecule has 0 radical (unpaired) electrons. The van der Waals surface area contributed by atoms with Crippen LogP contribution in [-0.4, -0.2) is 41.5 Å². The van der Waals surface area contributed by atoms with E-state index < -0.39 is 0 Å². The number of nitrogens with one attached hydrogen (secondary N) is 2. The molecule has 0 unspecified atom stereocenters. The van der Waals surface area contributed by atoms with E-state index in [1.165, 1.54) is 5.56 Å². The molecule has 2 amide bonds. The van der Waals surface area contributed by atoms with Crippen LogP contribution in [0.15, 0.2) is 18.2 Å². The molecule has 4 N–H and O–H groups in total. The van der Waals surface area contributed by atoms with E-state index in [-0.39, 0.29) is 29.1 Å². The zero-order valence-corrected chi connectivity index (χ0v) is 14.9. The SMILES string of the molecule is Nc1nc(CCCc2ccc3c(c2)CCNC3=O)nc2c1C(=O)NCCO2. The summed E-state index contributed by atoms with van der Waals surface area (Å²) in [5, 5.41) is 5.55. The van der Waals surface area contributed by atoms with Crippen molar-refractivity contribution in [1.29, 1.82) is 0 Å². The Labute approximate surface area is 156 Å². The van der Waals surface area contributed by atoms with Gasteiger partial charge in [-0.25, -0.2) is 4.98 Å². The number of carbonyl (C=O) groups is 2. The van der Waals surface area contributed by atoms with Crippen LogP contribution in [-0.2, 0) is 19.3 Å². The molecular weight excluding hydrogens is 346 g/mol. The van der Waals surface area contributed by atoms with E-state index in [4.69, 9.17) is 10.5 Å². The van der Waals surface area contributed by atoms with Crippen molar-refractivity contribution < 1.29 is 14.3 Å². The van der Waals surface area contributed by atoms with Crippen molar-refractivity contribution in [2.24, 2.45) is 0 Å². The van der Waals surface area contributed by atoms with Crippen molar-refractivity contribution in [3.05, 3.63) is 46.3 Å². The zero-order valence-electron chi connectivity index (χ0n) is 14.9. The first-order valence-electron chi connectivity index (χ1n) is 9.09. The molecule has 1 aromatic carbocycles. The van der Waals surface area contributed by atoms with Gasteiger partial charge in [-0.05, 0) is 36.5 Å². The molecule has 1 aromatic heterocycles. The molecule has 0 atom stereocenters. The van der Waals surface area contributed by atoms with Gasteiger partial charge in [0.2, 0.25) is 5.88 Å². The van der Waals surface area contributed by atoms with Gasteiger partial charge in [0.25, 0.3) is 11.8 Å². The van der Waals surface area contributed by atoms with Crippen molar-refractivity contribution in [3.8, 4) is 5.88 Å². The summed E-state index contributed by atoms with van der Waals surface area (Å²) in [5.41, 5.74) is 9.20. The summed E-state index contributed by atoms with van der Waals surface area (Å²) in [4.78, 5) is 32.4. The quantitative estimate of drug-likeness (QED) is 0.730. The van der Waals surface area contributed by atoms with E-state index in [1.807, 2.05) is 12.1 Å². The number of carbonyl (C=O) groups excluding carboxylic acids is 2. The first kappa shape index (κ1) is 17.3. The Morgan fingerprint density at radius 2 is 1.93 bits per heavy atom. The second-order valence-corrected chi connectivity index (χ2v) is 6.66. The van der Waals surface area contributed by atoms with Gasteiger partial charge in [0.05, 0.1) is 6.54 Å². The van der Waals surface area contributed by atoms with Crippen LogP contribution in [0, 0.1) is 0 Å². The van der Waals surface area contributed by atoms with Gasteiger partial charge in [-0.1, -0.05) is 12.1 Å². The van der Waals surface area contributed by atoms with Crippen LogP contribution in [0.4, 0.5) is 5.82 Å². The van der Waals surface area contributed by atoms with E-state index in [1.54, 1.807) is 0 Å². The standard InChI is InChI=1S/C19H21N5O3/c20-16-15-18(26)22-8-9-27-19(15)24-14(23-16)3-1-2-11-4-5-13-12(10-11)6-7-21-17(13)25/h4-5,10H,1-3,6-9H2,(H,21,25)(H,22,26)(H2,20,23,24). The molecule has 2 aliphatic rings. The van der Waals surface area contributed by atoms with Crippen LogP contribution < -0.4 is 21.1 Å². The Morgan fingerprint density at radius 1 is 1.07 bits per heavy atom. The Hall–Kier alpha value is -3.16. The Kier molecular flexibility index (Phi) is 4.62. The number of rotatable bonds is 4. The lowest BCUT2D eigenvalue weighted by molar-refractivity contribution is 0.0941. The van der Waals surface area contributed by atoms with E-state index in [2.05, 4.69) is 26.7 Å². The lowest BCUT2D eigenvalue weighted by Gasteiger charge is -2.17. The van der Waals surface area contributed by atoms with Gasteiger partial charge >= 0.3 is 0 Å². The molecule has 2 aromatic rings. The molecule has 8 nitrogen and oxygen atoms in total. The maximum atomic E-state index is 12.0. The van der Waals surface area contributed by atoms with Crippen LogP contribution in [0.1, 0.15) is 44.1 Å². The smallest absolute Gasteiger partial charge is 0.260 e. The topological polar surface area (TPSA) is 119 Å². The number of hydrogen-bond acceptors (Lipinski definition) is 6. The number of benzene rings is 1. The average Bonchev–Trinajstić information content (AvgIpc) is 2.83. The normalized spacial score (nSPS) is 15.7. The van der Waals surface area contributed by atoms with Gasteiger partial charge in [0.1, 0.15) is 23.8 Å². The molecule has 0 bridgehead atoms. The minimum atomic E-state index is -0.301. The summed E-state index contributed by atoms with van der Waals surface area (Å²) < 4.78 is 5.52. The van der Waals surface area contributed by atoms with E-state index in [0.29, 0.717) is 31.9 Å². The van der Waals surface area contributed by atoms with Crippen molar-refractivity contribution in [2.75, 3.05) is 25.4 Å². The lowest BCUT2D eigenvalue weighted by Crippen LogP contribution is -2.31. The maximum absolute atomic E-state index is 12.0. The molecule has 0 saturated heterocycles. The third-order valence-electron chi connectivity index (χ3n) is 4.76. The number of amides is 2. The molecule has 0 spiro atoms. The summed E-state index contributed by atoms with van der Waals surface area (Å²) in [5.74, 6) is 0.671. The summed E-state index contributed by atoms with van der Waals surface area (Å²) >= 11 is 0. The predicted molar refractivity (Wildman–Crippen MR) is 98.8 cm³/mol. The molecule has 0 aliphatic carbocycles. The molecule has 4 rings (SSSR count). The number of hydrogen-bond donors (Lipinski definition) is 3. The molecule has 0 fully saturated rings. The number of ether oxygens (including phenoxy) is 1. The van der Waals surface area contributed by atoms with Crippen molar-refractivity contribution in [3.63, 3.8) is 0 Å². The summed E-state index contributed by atoms with van der Waals surface area (Å²) in [6.07, 6.45) is 3.16. The maximum Gasteiger partial charge on any atom is 0.260 e. The van der Waals surface area contributed by atoms with Gasteiger partial charge in [0, 0.05) is 18.5 Å². The molecule has 27 heavy (non-hydrogen) atoms. The Balaban J connectivity index is 1.44. The van der Waals surface area contributed by atoms with E-state index >= 15 is 0 Å². The number of aryl methyl sites for hydroxylation is 2. The highest BCUT2D eigenvalue weighted by Gasteiger charge is 2.23. The zero-order chi connectivity index (χ0) is 18.8.